The smallest absolute Gasteiger partial charge is 0.238 e. The van der Waals surface area contributed by atoms with Crippen molar-refractivity contribution in [1.82, 2.24) is 20.2 Å². The SMILES string of the molecule is Cc1ccc(CNC(=O)C2(C(=O)N3CCN(c4ncccn4)CC3)CC2)cc1. The molecule has 0 atom stereocenters. The lowest BCUT2D eigenvalue weighted by Crippen LogP contribution is -2.53. The van der Waals surface area contributed by atoms with Crippen LogP contribution in [0.1, 0.15) is 24.0 Å². The summed E-state index contributed by atoms with van der Waals surface area (Å²) < 4.78 is 0. The molecule has 2 heterocycles. The molecular formula is C21H25N5O2. The van der Waals surface area contributed by atoms with Gasteiger partial charge in [-0.15, -0.1) is 0 Å². The van der Waals surface area contributed by atoms with Crippen molar-refractivity contribution in [3.05, 3.63) is 53.9 Å². The first-order valence-electron chi connectivity index (χ1n) is 9.74. The number of nitrogens with zero attached hydrogens (tertiary/aromatic N) is 4. The third-order valence-corrected chi connectivity index (χ3v) is 5.57. The van der Waals surface area contributed by atoms with Gasteiger partial charge in [-0.1, -0.05) is 29.8 Å². The van der Waals surface area contributed by atoms with Crippen LogP contribution in [0.15, 0.2) is 42.7 Å². The maximum atomic E-state index is 13.0. The van der Waals surface area contributed by atoms with E-state index in [0.29, 0.717) is 51.5 Å². The number of rotatable bonds is 5. The first-order valence-corrected chi connectivity index (χ1v) is 9.74. The van der Waals surface area contributed by atoms with Crippen molar-refractivity contribution < 1.29 is 9.59 Å². The van der Waals surface area contributed by atoms with Crippen molar-refractivity contribution >= 4 is 17.8 Å². The summed E-state index contributed by atoms with van der Waals surface area (Å²) in [5.41, 5.74) is 1.36. The van der Waals surface area contributed by atoms with Crippen LogP contribution in [0.25, 0.3) is 0 Å². The normalized spacial score (nSPS) is 17.9. The van der Waals surface area contributed by atoms with E-state index in [9.17, 15) is 9.59 Å². The first kappa shape index (κ1) is 18.4. The van der Waals surface area contributed by atoms with Crippen LogP contribution >= 0.6 is 0 Å². The molecule has 2 fully saturated rings. The highest BCUT2D eigenvalue weighted by Crippen LogP contribution is 2.47. The van der Waals surface area contributed by atoms with Crippen LogP contribution in [-0.4, -0.2) is 52.9 Å². The van der Waals surface area contributed by atoms with Crippen LogP contribution in [0.3, 0.4) is 0 Å². The van der Waals surface area contributed by atoms with Gasteiger partial charge in [0.05, 0.1) is 0 Å². The molecule has 1 aliphatic carbocycles. The lowest BCUT2D eigenvalue weighted by molar-refractivity contribution is -0.144. The fourth-order valence-electron chi connectivity index (χ4n) is 3.59. The fourth-order valence-corrected chi connectivity index (χ4v) is 3.59. The van der Waals surface area contributed by atoms with Crippen LogP contribution < -0.4 is 10.2 Å². The third-order valence-electron chi connectivity index (χ3n) is 5.57. The zero-order chi connectivity index (χ0) is 19.6. The number of carbonyl (C=O) groups is 2. The maximum Gasteiger partial charge on any atom is 0.238 e. The highest BCUT2D eigenvalue weighted by Gasteiger charge is 2.58. The Morgan fingerprint density at radius 3 is 2.29 bits per heavy atom. The predicted octanol–water partition coefficient (Wildman–Crippen LogP) is 1.53. The van der Waals surface area contributed by atoms with Crippen LogP contribution in [0.4, 0.5) is 5.95 Å². The van der Waals surface area contributed by atoms with E-state index in [1.807, 2.05) is 36.1 Å². The van der Waals surface area contributed by atoms with E-state index in [2.05, 4.69) is 20.2 Å². The van der Waals surface area contributed by atoms with Crippen LogP contribution in [0.2, 0.25) is 0 Å². The monoisotopic (exact) mass is 379 g/mol. The van der Waals surface area contributed by atoms with Crippen molar-refractivity contribution in [2.75, 3.05) is 31.1 Å². The van der Waals surface area contributed by atoms with E-state index >= 15 is 0 Å². The van der Waals surface area contributed by atoms with E-state index < -0.39 is 5.41 Å². The summed E-state index contributed by atoms with van der Waals surface area (Å²) in [4.78, 5) is 38.2. The first-order chi connectivity index (χ1) is 13.6. The molecule has 1 aromatic heterocycles. The Labute approximate surface area is 164 Å². The number of piperazine rings is 1. The molecule has 28 heavy (non-hydrogen) atoms. The van der Waals surface area contributed by atoms with Gasteiger partial charge in [-0.25, -0.2) is 9.97 Å². The van der Waals surface area contributed by atoms with Gasteiger partial charge in [0.25, 0.3) is 0 Å². The molecule has 1 saturated heterocycles. The minimum absolute atomic E-state index is 0.0393. The summed E-state index contributed by atoms with van der Waals surface area (Å²) in [7, 11) is 0. The van der Waals surface area contributed by atoms with Gasteiger partial charge in [-0.3, -0.25) is 9.59 Å². The number of aryl methyl sites for hydroxylation is 1. The number of benzene rings is 1. The standard InChI is InChI=1S/C21H25N5O2/c1-16-3-5-17(6-4-16)15-24-18(27)21(7-8-21)19(28)25-11-13-26(14-12-25)20-22-9-2-10-23-20/h2-6,9-10H,7-8,11-15H2,1H3,(H,24,27). The quantitative estimate of drug-likeness (QED) is 0.797. The van der Waals surface area contributed by atoms with Crippen molar-refractivity contribution in [3.8, 4) is 0 Å². The summed E-state index contributed by atoms with van der Waals surface area (Å²) in [6.45, 7) is 5.01. The van der Waals surface area contributed by atoms with Crippen molar-refractivity contribution in [2.45, 2.75) is 26.3 Å². The summed E-state index contributed by atoms with van der Waals surface area (Å²) in [6, 6.07) is 9.84. The molecule has 0 radical (unpaired) electrons. The molecule has 7 heteroatoms. The molecule has 0 bridgehead atoms. The summed E-state index contributed by atoms with van der Waals surface area (Å²) in [6.07, 6.45) is 4.70. The number of hydrogen-bond donors (Lipinski definition) is 1. The number of nitrogens with one attached hydrogen (secondary N) is 1. The third kappa shape index (κ3) is 3.69. The van der Waals surface area contributed by atoms with Crippen LogP contribution in [0.5, 0.6) is 0 Å². The van der Waals surface area contributed by atoms with E-state index in [0.717, 1.165) is 5.56 Å². The van der Waals surface area contributed by atoms with Crippen LogP contribution in [-0.2, 0) is 16.1 Å². The number of carbonyl (C=O) groups excluding carboxylic acids is 2. The van der Waals surface area contributed by atoms with Crippen molar-refractivity contribution in [1.29, 1.82) is 0 Å². The topological polar surface area (TPSA) is 78.4 Å². The molecule has 0 spiro atoms. The Morgan fingerprint density at radius 1 is 1.04 bits per heavy atom. The molecule has 0 unspecified atom stereocenters. The van der Waals surface area contributed by atoms with E-state index in [1.54, 1.807) is 18.5 Å². The van der Waals surface area contributed by atoms with Gasteiger partial charge in [0.15, 0.2) is 0 Å². The Morgan fingerprint density at radius 2 is 1.68 bits per heavy atom. The zero-order valence-electron chi connectivity index (χ0n) is 16.1. The molecule has 1 aliphatic heterocycles. The minimum atomic E-state index is -0.865. The second-order valence-corrected chi connectivity index (χ2v) is 7.58. The Kier molecular flexibility index (Phi) is 4.98. The summed E-state index contributed by atoms with van der Waals surface area (Å²) >= 11 is 0. The zero-order valence-corrected chi connectivity index (χ0v) is 16.1. The van der Waals surface area contributed by atoms with Crippen LogP contribution in [0, 0.1) is 12.3 Å². The van der Waals surface area contributed by atoms with Crippen molar-refractivity contribution in [2.24, 2.45) is 5.41 Å². The maximum absolute atomic E-state index is 13.0. The Hall–Kier alpha value is -2.96. The lowest BCUT2D eigenvalue weighted by atomic mass is 10.0. The molecule has 2 aromatic rings. The van der Waals surface area contributed by atoms with Gasteiger partial charge in [-0.05, 0) is 31.4 Å². The average molecular weight is 379 g/mol. The molecule has 1 N–H and O–H groups in total. The molecule has 4 rings (SSSR count). The van der Waals surface area contributed by atoms with E-state index in [-0.39, 0.29) is 11.8 Å². The summed E-state index contributed by atoms with van der Waals surface area (Å²) in [5.74, 6) is 0.501. The molecule has 146 valence electrons. The van der Waals surface area contributed by atoms with Gasteiger partial charge >= 0.3 is 0 Å². The highest BCUT2D eigenvalue weighted by atomic mass is 16.2. The van der Waals surface area contributed by atoms with E-state index in [1.165, 1.54) is 5.56 Å². The molecule has 1 saturated carbocycles. The van der Waals surface area contributed by atoms with Gasteiger partial charge in [-0.2, -0.15) is 0 Å². The number of aromatic nitrogens is 2. The lowest BCUT2D eigenvalue weighted by Gasteiger charge is -2.36. The minimum Gasteiger partial charge on any atom is -0.351 e. The molecule has 2 amide bonds. The van der Waals surface area contributed by atoms with E-state index in [4.69, 9.17) is 0 Å². The van der Waals surface area contributed by atoms with Gasteiger partial charge in [0, 0.05) is 45.1 Å². The molecular weight excluding hydrogens is 354 g/mol. The molecule has 7 nitrogen and oxygen atoms in total. The van der Waals surface area contributed by atoms with Gasteiger partial charge < -0.3 is 15.1 Å². The molecule has 1 aromatic carbocycles. The predicted molar refractivity (Wildman–Crippen MR) is 106 cm³/mol. The average Bonchev–Trinajstić information content (AvgIpc) is 3.55. The highest BCUT2D eigenvalue weighted by molar-refractivity contribution is 6.07. The second kappa shape index (κ2) is 7.58. The number of hydrogen-bond acceptors (Lipinski definition) is 5. The summed E-state index contributed by atoms with van der Waals surface area (Å²) in [5, 5.41) is 2.96. The molecule has 2 aliphatic rings. The number of amides is 2. The largest absolute Gasteiger partial charge is 0.351 e. The second-order valence-electron chi connectivity index (χ2n) is 7.58. The van der Waals surface area contributed by atoms with Gasteiger partial charge in [0.1, 0.15) is 5.41 Å². The van der Waals surface area contributed by atoms with Crippen molar-refractivity contribution in [3.63, 3.8) is 0 Å². The Balaban J connectivity index is 1.32. The fraction of sp³-hybridized carbons (Fsp3) is 0.429. The Bertz CT molecular complexity index is 841. The number of anilines is 1. The van der Waals surface area contributed by atoms with Gasteiger partial charge in [0.2, 0.25) is 17.8 Å².